The van der Waals surface area contributed by atoms with E-state index in [1.54, 1.807) is 0 Å². The molecule has 2 rings (SSSR count). The maximum atomic E-state index is 13.2. The number of nitrogens with zero attached hydrogens (tertiary/aromatic N) is 1. The molecule has 1 saturated carbocycles. The maximum Gasteiger partial charge on any atom is 0.248 e. The summed E-state index contributed by atoms with van der Waals surface area (Å²) in [6, 6.07) is 3.37. The number of rotatable bonds is 4. The highest BCUT2D eigenvalue weighted by Crippen LogP contribution is 2.37. The molecule has 0 N–H and O–H groups in total. The molecule has 20 heavy (non-hydrogen) atoms. The number of hydrogen-bond acceptors (Lipinski definition) is 4. The van der Waals surface area contributed by atoms with Gasteiger partial charge in [0.25, 0.3) is 0 Å². The third-order valence-corrected chi connectivity index (χ3v) is 3.24. The minimum Gasteiger partial charge on any atom is -0.733 e. The minimum atomic E-state index is -2.66. The number of hydrogen-bond donors (Lipinski definition) is 0. The molecule has 1 aliphatic carbocycles. The smallest absolute Gasteiger partial charge is 0.248 e. The Labute approximate surface area is 114 Å². The predicted octanol–water partition coefficient (Wildman–Crippen LogP) is 3.65. The number of anilines is 1. The van der Waals surface area contributed by atoms with E-state index in [2.05, 4.69) is 4.84 Å². The van der Waals surface area contributed by atoms with Gasteiger partial charge in [0.1, 0.15) is 11.6 Å². The Morgan fingerprint density at radius 1 is 1.30 bits per heavy atom. The van der Waals surface area contributed by atoms with Crippen LogP contribution in [-0.2, 0) is 4.84 Å². The summed E-state index contributed by atoms with van der Waals surface area (Å²) in [6.07, 6.45) is -0.675. The Bertz CT molecular complexity index is 460. The summed E-state index contributed by atoms with van der Waals surface area (Å²) in [7, 11) is 1.17. The molecular weight excluding hydrogens is 275 g/mol. The van der Waals surface area contributed by atoms with E-state index in [0.29, 0.717) is 0 Å². The van der Waals surface area contributed by atoms with Gasteiger partial charge in [-0.15, -0.1) is 0 Å². The molecule has 0 unspecified atom stereocenters. The normalized spacial score (nSPS) is 18.9. The average Bonchev–Trinajstić information content (AvgIpc) is 2.40. The molecule has 1 aliphatic rings. The largest absolute Gasteiger partial charge is 0.733 e. The van der Waals surface area contributed by atoms with Crippen LogP contribution in [0.1, 0.15) is 25.7 Å². The van der Waals surface area contributed by atoms with Gasteiger partial charge in [-0.25, -0.2) is 13.2 Å². The zero-order valence-corrected chi connectivity index (χ0v) is 10.9. The van der Waals surface area contributed by atoms with E-state index in [-0.39, 0.29) is 42.3 Å². The summed E-state index contributed by atoms with van der Waals surface area (Å²) in [6.45, 7) is 0. The van der Waals surface area contributed by atoms with E-state index in [1.807, 2.05) is 0 Å². The van der Waals surface area contributed by atoms with Crippen LogP contribution in [0, 0.1) is 11.0 Å². The van der Waals surface area contributed by atoms with E-state index < -0.39 is 17.8 Å². The minimum absolute atomic E-state index is 0.00272. The van der Waals surface area contributed by atoms with Crippen molar-refractivity contribution in [2.24, 2.45) is 0 Å². The van der Waals surface area contributed by atoms with Crippen molar-refractivity contribution < 1.29 is 22.7 Å². The van der Waals surface area contributed by atoms with Gasteiger partial charge in [0.2, 0.25) is 5.92 Å². The lowest BCUT2D eigenvalue weighted by Gasteiger charge is -2.32. The van der Waals surface area contributed by atoms with E-state index in [0.717, 1.165) is 12.1 Å². The van der Waals surface area contributed by atoms with Crippen molar-refractivity contribution in [2.45, 2.75) is 37.7 Å². The first-order valence-corrected chi connectivity index (χ1v) is 6.27. The monoisotopic (exact) mass is 290 g/mol. The quantitative estimate of drug-likeness (QED) is 0.794. The van der Waals surface area contributed by atoms with Gasteiger partial charge in [-0.1, -0.05) is 0 Å². The second-order valence-electron chi connectivity index (χ2n) is 4.72. The molecule has 0 aliphatic heterocycles. The fourth-order valence-corrected chi connectivity index (χ4v) is 2.14. The van der Waals surface area contributed by atoms with Gasteiger partial charge in [0.05, 0.1) is 18.9 Å². The van der Waals surface area contributed by atoms with E-state index >= 15 is 0 Å². The second kappa shape index (κ2) is 5.88. The molecule has 0 aromatic heterocycles. The zero-order chi connectivity index (χ0) is 14.8. The number of alkyl halides is 2. The van der Waals surface area contributed by atoms with E-state index in [4.69, 9.17) is 4.74 Å². The molecule has 1 aromatic rings. The highest BCUT2D eigenvalue weighted by atomic mass is 19.3. The van der Waals surface area contributed by atoms with Crippen molar-refractivity contribution >= 4 is 5.69 Å². The van der Waals surface area contributed by atoms with Crippen LogP contribution < -0.4 is 9.96 Å². The first kappa shape index (κ1) is 14.9. The van der Waals surface area contributed by atoms with Crippen molar-refractivity contribution in [3.63, 3.8) is 0 Å². The van der Waals surface area contributed by atoms with Gasteiger partial charge in [-0.2, -0.15) is 0 Å². The van der Waals surface area contributed by atoms with Crippen LogP contribution in [0.4, 0.5) is 18.9 Å². The van der Waals surface area contributed by atoms with Gasteiger partial charge in [0.15, 0.2) is 0 Å². The standard InChI is InChI=1S/C13H15F3NO3/c1-19-17(18)11-3-2-9(14)8-12(11)20-10-4-6-13(15,16)7-5-10/h2-3,8,10H,4-7H2,1H3/q-1. The second-order valence-corrected chi connectivity index (χ2v) is 4.72. The van der Waals surface area contributed by atoms with Gasteiger partial charge in [-0.05, 0) is 25.0 Å². The molecule has 0 bridgehead atoms. The van der Waals surface area contributed by atoms with Gasteiger partial charge in [-0.3, -0.25) is 4.84 Å². The topological polar surface area (TPSA) is 44.8 Å². The van der Waals surface area contributed by atoms with Crippen molar-refractivity contribution in [1.29, 1.82) is 0 Å². The van der Waals surface area contributed by atoms with Crippen molar-refractivity contribution in [1.82, 2.24) is 0 Å². The Balaban J connectivity index is 2.10. The lowest BCUT2D eigenvalue weighted by Crippen LogP contribution is -2.31. The first-order valence-electron chi connectivity index (χ1n) is 6.27. The summed E-state index contributed by atoms with van der Waals surface area (Å²) in [4.78, 5) is 4.49. The Kier molecular flexibility index (Phi) is 4.39. The molecule has 1 aromatic carbocycles. The highest BCUT2D eigenvalue weighted by Gasteiger charge is 2.36. The van der Waals surface area contributed by atoms with Crippen LogP contribution in [0.3, 0.4) is 0 Å². The molecule has 0 amide bonds. The molecule has 0 radical (unpaired) electrons. The molecule has 0 heterocycles. The molecule has 0 spiro atoms. The van der Waals surface area contributed by atoms with Crippen molar-refractivity contribution in [3.05, 3.63) is 29.2 Å². The molecule has 0 saturated heterocycles. The third kappa shape index (κ3) is 3.55. The number of ether oxygens (including phenoxy) is 1. The highest BCUT2D eigenvalue weighted by molar-refractivity contribution is 5.57. The fourth-order valence-electron chi connectivity index (χ4n) is 2.14. The van der Waals surface area contributed by atoms with Gasteiger partial charge in [0, 0.05) is 18.9 Å². The molecular formula is C13H15F3NO3-. The lowest BCUT2D eigenvalue weighted by molar-refractivity contribution is -0.0582. The summed E-state index contributed by atoms with van der Waals surface area (Å²) < 4.78 is 44.8. The Morgan fingerprint density at radius 3 is 2.55 bits per heavy atom. The van der Waals surface area contributed by atoms with Crippen LogP contribution in [0.25, 0.3) is 0 Å². The maximum absolute atomic E-state index is 13.2. The SMILES string of the molecule is CON([O-])c1ccc(F)cc1OC1CCC(F)(F)CC1. The Morgan fingerprint density at radius 2 is 1.95 bits per heavy atom. The summed E-state index contributed by atoms with van der Waals surface area (Å²) in [5.41, 5.74) is 0.00577. The van der Waals surface area contributed by atoms with E-state index in [1.165, 1.54) is 13.2 Å². The molecule has 112 valence electrons. The predicted molar refractivity (Wildman–Crippen MR) is 67.1 cm³/mol. The van der Waals surface area contributed by atoms with Crippen molar-refractivity contribution in [3.8, 4) is 5.75 Å². The molecule has 7 heteroatoms. The van der Waals surface area contributed by atoms with Crippen molar-refractivity contribution in [2.75, 3.05) is 12.3 Å². The fraction of sp³-hybridized carbons (Fsp3) is 0.538. The number of benzene rings is 1. The van der Waals surface area contributed by atoms with Crippen LogP contribution >= 0.6 is 0 Å². The Hall–Kier alpha value is -1.47. The average molecular weight is 290 g/mol. The summed E-state index contributed by atoms with van der Waals surface area (Å²) in [5, 5.41) is 11.6. The molecule has 1 fully saturated rings. The summed E-state index contributed by atoms with van der Waals surface area (Å²) >= 11 is 0. The zero-order valence-electron chi connectivity index (χ0n) is 10.9. The number of halogens is 3. The van der Waals surface area contributed by atoms with Crippen LogP contribution in [0.5, 0.6) is 5.75 Å². The van der Waals surface area contributed by atoms with Crippen LogP contribution in [0.15, 0.2) is 18.2 Å². The van der Waals surface area contributed by atoms with E-state index in [9.17, 15) is 18.4 Å². The van der Waals surface area contributed by atoms with Crippen LogP contribution in [0.2, 0.25) is 0 Å². The third-order valence-electron chi connectivity index (χ3n) is 3.24. The summed E-state index contributed by atoms with van der Waals surface area (Å²) in [5.74, 6) is -3.24. The lowest BCUT2D eigenvalue weighted by atomic mass is 9.94. The first-order chi connectivity index (χ1) is 9.41. The van der Waals surface area contributed by atoms with Gasteiger partial charge < -0.3 is 15.2 Å². The molecule has 4 nitrogen and oxygen atoms in total. The molecule has 0 atom stereocenters. The van der Waals surface area contributed by atoms with Gasteiger partial charge >= 0.3 is 0 Å². The van der Waals surface area contributed by atoms with Crippen LogP contribution in [-0.4, -0.2) is 19.1 Å².